The van der Waals surface area contributed by atoms with Crippen LogP contribution in [-0.2, 0) is 0 Å². The fourth-order valence-electron chi connectivity index (χ4n) is 1.97. The van der Waals surface area contributed by atoms with Crippen molar-refractivity contribution in [3.05, 3.63) is 53.1 Å². The topological polar surface area (TPSA) is 33.0 Å². The fraction of sp³-hybridized carbons (Fsp3) is 0.188. The average Bonchev–Trinajstić information content (AvgIpc) is 2.40. The third-order valence-electron chi connectivity index (χ3n) is 3.16. The Morgan fingerprint density at radius 1 is 1.00 bits per heavy atom. The van der Waals surface area contributed by atoms with E-state index in [1.807, 2.05) is 32.0 Å². The smallest absolute Gasteiger partial charge is 0.406 e. The summed E-state index contributed by atoms with van der Waals surface area (Å²) in [4.78, 5) is 0. The Hall–Kier alpha value is -2.48. The molecule has 0 radical (unpaired) electrons. The van der Waals surface area contributed by atoms with Gasteiger partial charge in [0.05, 0.1) is 11.6 Å². The number of aryl methyl sites for hydroxylation is 2. The van der Waals surface area contributed by atoms with Gasteiger partial charge in [0, 0.05) is 5.56 Å². The van der Waals surface area contributed by atoms with Crippen molar-refractivity contribution in [3.63, 3.8) is 0 Å². The first kappa shape index (κ1) is 14.9. The molecule has 0 aliphatic rings. The highest BCUT2D eigenvalue weighted by Crippen LogP contribution is 2.31. The standard InChI is InChI=1S/C16H12F3NO/c1-10-3-4-12(7-11(10)2)15-8-14(21-16(17,18)19)6-5-13(15)9-20/h3-8H,1-2H3. The normalized spacial score (nSPS) is 11.0. The highest BCUT2D eigenvalue weighted by molar-refractivity contribution is 5.72. The molecule has 2 rings (SSSR count). The lowest BCUT2D eigenvalue weighted by molar-refractivity contribution is -0.274. The summed E-state index contributed by atoms with van der Waals surface area (Å²) in [7, 11) is 0. The van der Waals surface area contributed by atoms with E-state index in [0.29, 0.717) is 16.7 Å². The number of alkyl halides is 3. The van der Waals surface area contributed by atoms with E-state index in [-0.39, 0.29) is 5.75 Å². The predicted octanol–water partition coefficient (Wildman–Crippen LogP) is 4.74. The van der Waals surface area contributed by atoms with E-state index < -0.39 is 6.36 Å². The van der Waals surface area contributed by atoms with Crippen LogP contribution >= 0.6 is 0 Å². The quantitative estimate of drug-likeness (QED) is 0.800. The Kier molecular flexibility index (Phi) is 3.90. The van der Waals surface area contributed by atoms with Gasteiger partial charge < -0.3 is 4.74 Å². The molecule has 5 heteroatoms. The van der Waals surface area contributed by atoms with Gasteiger partial charge in [0.25, 0.3) is 0 Å². The van der Waals surface area contributed by atoms with Crippen molar-refractivity contribution in [2.75, 3.05) is 0 Å². The third-order valence-corrected chi connectivity index (χ3v) is 3.16. The van der Waals surface area contributed by atoms with Gasteiger partial charge in [-0.05, 0) is 48.7 Å². The summed E-state index contributed by atoms with van der Waals surface area (Å²) >= 11 is 0. The summed E-state index contributed by atoms with van der Waals surface area (Å²) in [6, 6.07) is 11.1. The minimum atomic E-state index is -4.76. The summed E-state index contributed by atoms with van der Waals surface area (Å²) in [5.41, 5.74) is 3.47. The Morgan fingerprint density at radius 2 is 1.71 bits per heavy atom. The van der Waals surface area contributed by atoms with E-state index in [4.69, 9.17) is 5.26 Å². The molecule has 0 amide bonds. The molecule has 0 N–H and O–H groups in total. The molecule has 0 aromatic heterocycles. The second kappa shape index (κ2) is 5.49. The van der Waals surface area contributed by atoms with Gasteiger partial charge in [0.1, 0.15) is 5.75 Å². The number of halogens is 3. The first-order valence-electron chi connectivity index (χ1n) is 6.17. The zero-order chi connectivity index (χ0) is 15.6. The minimum Gasteiger partial charge on any atom is -0.406 e. The van der Waals surface area contributed by atoms with Crippen molar-refractivity contribution in [3.8, 4) is 22.9 Å². The van der Waals surface area contributed by atoms with E-state index in [2.05, 4.69) is 4.74 Å². The Morgan fingerprint density at radius 3 is 2.29 bits per heavy atom. The number of benzene rings is 2. The Labute approximate surface area is 120 Å². The van der Waals surface area contributed by atoms with Gasteiger partial charge in [-0.25, -0.2) is 0 Å². The Bertz CT molecular complexity index is 714. The second-order valence-corrected chi connectivity index (χ2v) is 4.67. The molecule has 2 nitrogen and oxygen atoms in total. The molecule has 0 saturated carbocycles. The molecule has 0 spiro atoms. The van der Waals surface area contributed by atoms with Crippen LogP contribution in [0, 0.1) is 25.2 Å². The Balaban J connectivity index is 2.52. The lowest BCUT2D eigenvalue weighted by atomic mass is 9.97. The maximum absolute atomic E-state index is 12.3. The van der Waals surface area contributed by atoms with Crippen LogP contribution in [0.3, 0.4) is 0 Å². The highest BCUT2D eigenvalue weighted by Gasteiger charge is 2.31. The lowest BCUT2D eigenvalue weighted by Gasteiger charge is -2.12. The van der Waals surface area contributed by atoms with Crippen molar-refractivity contribution in [2.24, 2.45) is 0 Å². The van der Waals surface area contributed by atoms with Crippen molar-refractivity contribution in [1.29, 1.82) is 5.26 Å². The highest BCUT2D eigenvalue weighted by atomic mass is 19.4. The van der Waals surface area contributed by atoms with Gasteiger partial charge in [0.2, 0.25) is 0 Å². The number of nitrogens with zero attached hydrogens (tertiary/aromatic N) is 1. The second-order valence-electron chi connectivity index (χ2n) is 4.67. The fourth-order valence-corrected chi connectivity index (χ4v) is 1.97. The largest absolute Gasteiger partial charge is 0.573 e. The molecule has 21 heavy (non-hydrogen) atoms. The van der Waals surface area contributed by atoms with Crippen molar-refractivity contribution in [1.82, 2.24) is 0 Å². The number of hydrogen-bond acceptors (Lipinski definition) is 2. The van der Waals surface area contributed by atoms with Crippen molar-refractivity contribution in [2.45, 2.75) is 20.2 Å². The zero-order valence-corrected chi connectivity index (χ0v) is 11.5. The molecule has 0 atom stereocenters. The van der Waals surface area contributed by atoms with E-state index in [9.17, 15) is 13.2 Å². The lowest BCUT2D eigenvalue weighted by Crippen LogP contribution is -2.17. The molecule has 2 aromatic carbocycles. The summed E-state index contributed by atoms with van der Waals surface area (Å²) < 4.78 is 40.8. The summed E-state index contributed by atoms with van der Waals surface area (Å²) in [6.45, 7) is 3.84. The molecule has 0 aliphatic heterocycles. The van der Waals surface area contributed by atoms with Crippen molar-refractivity contribution < 1.29 is 17.9 Å². The van der Waals surface area contributed by atoms with Crippen LogP contribution in [0.2, 0.25) is 0 Å². The van der Waals surface area contributed by atoms with Crippen LogP contribution in [0.25, 0.3) is 11.1 Å². The van der Waals surface area contributed by atoms with Gasteiger partial charge in [-0.1, -0.05) is 18.2 Å². The van der Waals surface area contributed by atoms with Gasteiger partial charge in [-0.3, -0.25) is 0 Å². The van der Waals surface area contributed by atoms with E-state index in [1.54, 1.807) is 6.07 Å². The maximum atomic E-state index is 12.3. The SMILES string of the molecule is Cc1ccc(-c2cc(OC(F)(F)F)ccc2C#N)cc1C. The molecular formula is C16H12F3NO. The summed E-state index contributed by atoms with van der Waals surface area (Å²) in [6.07, 6.45) is -4.76. The molecular weight excluding hydrogens is 279 g/mol. The van der Waals surface area contributed by atoms with Gasteiger partial charge in [-0.2, -0.15) is 5.26 Å². The molecule has 2 aromatic rings. The van der Waals surface area contributed by atoms with E-state index in [0.717, 1.165) is 17.2 Å². The van der Waals surface area contributed by atoms with Crippen LogP contribution in [0.15, 0.2) is 36.4 Å². The molecule has 108 valence electrons. The monoisotopic (exact) mass is 291 g/mol. The first-order chi connectivity index (χ1) is 9.80. The van der Waals surface area contributed by atoms with Crippen LogP contribution in [0.5, 0.6) is 5.75 Å². The number of rotatable bonds is 2. The molecule has 0 saturated heterocycles. The minimum absolute atomic E-state index is 0.299. The average molecular weight is 291 g/mol. The third kappa shape index (κ3) is 3.54. The number of ether oxygens (including phenoxy) is 1. The molecule has 0 aliphatic carbocycles. The predicted molar refractivity (Wildman–Crippen MR) is 72.8 cm³/mol. The van der Waals surface area contributed by atoms with Gasteiger partial charge in [-0.15, -0.1) is 13.2 Å². The summed E-state index contributed by atoms with van der Waals surface area (Å²) in [5, 5.41) is 9.11. The van der Waals surface area contributed by atoms with Gasteiger partial charge >= 0.3 is 6.36 Å². The van der Waals surface area contributed by atoms with Crippen molar-refractivity contribution >= 4 is 0 Å². The van der Waals surface area contributed by atoms with Crippen LogP contribution in [0.4, 0.5) is 13.2 Å². The molecule has 0 bridgehead atoms. The molecule has 0 heterocycles. The van der Waals surface area contributed by atoms with Crippen LogP contribution < -0.4 is 4.74 Å². The van der Waals surface area contributed by atoms with E-state index in [1.165, 1.54) is 12.1 Å². The number of hydrogen-bond donors (Lipinski definition) is 0. The summed E-state index contributed by atoms with van der Waals surface area (Å²) in [5.74, 6) is -0.338. The molecule has 0 fully saturated rings. The van der Waals surface area contributed by atoms with Crippen LogP contribution in [-0.4, -0.2) is 6.36 Å². The first-order valence-corrected chi connectivity index (χ1v) is 6.17. The zero-order valence-electron chi connectivity index (χ0n) is 11.5. The van der Waals surface area contributed by atoms with E-state index >= 15 is 0 Å². The van der Waals surface area contributed by atoms with Crippen LogP contribution in [0.1, 0.15) is 16.7 Å². The molecule has 0 unspecified atom stereocenters. The number of nitriles is 1. The van der Waals surface area contributed by atoms with Gasteiger partial charge in [0.15, 0.2) is 0 Å². The maximum Gasteiger partial charge on any atom is 0.573 e.